The molecule has 72 valence electrons. The molecule has 0 aromatic rings. The molecule has 1 aliphatic heterocycles. The van der Waals surface area contributed by atoms with Gasteiger partial charge in [-0.1, -0.05) is 6.42 Å². The van der Waals surface area contributed by atoms with Gasteiger partial charge in [-0.25, -0.2) is 0 Å². The van der Waals surface area contributed by atoms with Gasteiger partial charge in [0.05, 0.1) is 6.67 Å². The zero-order chi connectivity index (χ0) is 8.81. The number of hydrogen-bond donors (Lipinski definition) is 1. The van der Waals surface area contributed by atoms with Crippen molar-refractivity contribution in [2.75, 3.05) is 26.3 Å². The van der Waals surface area contributed by atoms with Crippen LogP contribution in [-0.2, 0) is 0 Å². The van der Waals surface area contributed by atoms with Gasteiger partial charge < -0.3 is 5.73 Å². The van der Waals surface area contributed by atoms with E-state index in [1.54, 1.807) is 0 Å². The van der Waals surface area contributed by atoms with Gasteiger partial charge in [0.2, 0.25) is 0 Å². The van der Waals surface area contributed by atoms with E-state index in [-0.39, 0.29) is 6.67 Å². The molecule has 2 N–H and O–H groups in total. The van der Waals surface area contributed by atoms with Crippen LogP contribution in [0.2, 0.25) is 0 Å². The Kier molecular flexibility index (Phi) is 4.54. The third-order valence-electron chi connectivity index (χ3n) is 2.60. The first-order valence-electron chi connectivity index (χ1n) is 4.88. The summed E-state index contributed by atoms with van der Waals surface area (Å²) in [5.41, 5.74) is 5.63. The van der Waals surface area contributed by atoms with Gasteiger partial charge in [0, 0.05) is 19.1 Å². The zero-order valence-corrected chi connectivity index (χ0v) is 7.64. The Morgan fingerprint density at radius 1 is 1.42 bits per heavy atom. The lowest BCUT2D eigenvalue weighted by Crippen LogP contribution is -2.44. The van der Waals surface area contributed by atoms with Crippen molar-refractivity contribution in [3.63, 3.8) is 0 Å². The van der Waals surface area contributed by atoms with Crippen molar-refractivity contribution in [3.8, 4) is 0 Å². The maximum atomic E-state index is 11.9. The molecule has 1 rings (SSSR count). The highest BCUT2D eigenvalue weighted by molar-refractivity contribution is 4.77. The molecule has 0 aromatic carbocycles. The monoisotopic (exact) mass is 174 g/mol. The summed E-state index contributed by atoms with van der Waals surface area (Å²) in [5, 5.41) is 0. The summed E-state index contributed by atoms with van der Waals surface area (Å²) in [4.78, 5) is 2.34. The van der Waals surface area contributed by atoms with Gasteiger partial charge in [0.25, 0.3) is 0 Å². The fourth-order valence-corrected chi connectivity index (χ4v) is 1.88. The molecule has 1 unspecified atom stereocenters. The Labute approximate surface area is 73.9 Å². The van der Waals surface area contributed by atoms with Gasteiger partial charge in [0.1, 0.15) is 0 Å². The van der Waals surface area contributed by atoms with Crippen molar-refractivity contribution >= 4 is 0 Å². The lowest BCUT2D eigenvalue weighted by Gasteiger charge is -2.34. The van der Waals surface area contributed by atoms with E-state index in [0.717, 1.165) is 19.6 Å². The molecule has 1 atom stereocenters. The second kappa shape index (κ2) is 5.49. The summed E-state index contributed by atoms with van der Waals surface area (Å²) in [6, 6.07) is 0.519. The molecule has 0 aliphatic carbocycles. The van der Waals surface area contributed by atoms with E-state index in [0.29, 0.717) is 12.5 Å². The molecular formula is C9H19FN2. The average molecular weight is 174 g/mol. The lowest BCUT2D eigenvalue weighted by molar-refractivity contribution is 0.147. The molecule has 12 heavy (non-hydrogen) atoms. The van der Waals surface area contributed by atoms with Crippen LogP contribution in [0.3, 0.4) is 0 Å². The summed E-state index contributed by atoms with van der Waals surface area (Å²) in [6.07, 6.45) is 4.40. The Hall–Kier alpha value is -0.150. The number of likely N-dealkylation sites (tertiary alicyclic amines) is 1. The average Bonchev–Trinajstić information content (AvgIpc) is 2.15. The Morgan fingerprint density at radius 2 is 2.25 bits per heavy atom. The van der Waals surface area contributed by atoms with Gasteiger partial charge in [-0.15, -0.1) is 0 Å². The van der Waals surface area contributed by atoms with Gasteiger partial charge in [0.15, 0.2) is 0 Å². The summed E-state index contributed by atoms with van der Waals surface area (Å²) < 4.78 is 11.9. The standard InChI is InChI=1S/C9H19FN2/c10-5-3-7-12-6-2-1-4-9(12)8-11/h9H,1-8,11H2. The third-order valence-corrected chi connectivity index (χ3v) is 2.60. The summed E-state index contributed by atoms with van der Waals surface area (Å²) >= 11 is 0. The van der Waals surface area contributed by atoms with E-state index in [1.165, 1.54) is 19.3 Å². The van der Waals surface area contributed by atoms with Gasteiger partial charge in [-0.3, -0.25) is 9.29 Å². The van der Waals surface area contributed by atoms with Gasteiger partial charge in [-0.05, 0) is 25.8 Å². The van der Waals surface area contributed by atoms with E-state index >= 15 is 0 Å². The van der Waals surface area contributed by atoms with E-state index in [2.05, 4.69) is 4.90 Å². The summed E-state index contributed by atoms with van der Waals surface area (Å²) in [5.74, 6) is 0. The first-order chi connectivity index (χ1) is 5.88. The number of piperidine rings is 1. The van der Waals surface area contributed by atoms with Crippen LogP contribution in [0.25, 0.3) is 0 Å². The highest BCUT2D eigenvalue weighted by atomic mass is 19.1. The normalized spacial score (nSPS) is 26.0. The smallest absolute Gasteiger partial charge is 0.0906 e. The van der Waals surface area contributed by atoms with Crippen LogP contribution in [-0.4, -0.2) is 37.3 Å². The van der Waals surface area contributed by atoms with Crippen molar-refractivity contribution in [1.82, 2.24) is 4.90 Å². The van der Waals surface area contributed by atoms with E-state index in [1.807, 2.05) is 0 Å². The fourth-order valence-electron chi connectivity index (χ4n) is 1.88. The SMILES string of the molecule is NCC1CCCCN1CCCF. The molecule has 2 nitrogen and oxygen atoms in total. The molecule has 0 aromatic heterocycles. The van der Waals surface area contributed by atoms with E-state index < -0.39 is 0 Å². The van der Waals surface area contributed by atoms with Crippen molar-refractivity contribution < 1.29 is 4.39 Å². The number of rotatable bonds is 4. The molecule has 1 saturated heterocycles. The third kappa shape index (κ3) is 2.72. The molecule has 0 saturated carbocycles. The van der Waals surface area contributed by atoms with Crippen molar-refractivity contribution in [2.24, 2.45) is 5.73 Å². The Bertz CT molecular complexity index is 119. The predicted molar refractivity (Wildman–Crippen MR) is 48.9 cm³/mol. The molecule has 1 aliphatic rings. The van der Waals surface area contributed by atoms with Crippen molar-refractivity contribution in [1.29, 1.82) is 0 Å². The predicted octanol–water partition coefficient (Wildman–Crippen LogP) is 1.16. The Balaban J connectivity index is 2.26. The van der Waals surface area contributed by atoms with Crippen LogP contribution >= 0.6 is 0 Å². The second-order valence-electron chi connectivity index (χ2n) is 3.46. The van der Waals surface area contributed by atoms with Crippen molar-refractivity contribution in [3.05, 3.63) is 0 Å². The quantitative estimate of drug-likeness (QED) is 0.693. The number of nitrogens with two attached hydrogens (primary N) is 1. The van der Waals surface area contributed by atoms with Crippen LogP contribution in [0.5, 0.6) is 0 Å². The maximum Gasteiger partial charge on any atom is 0.0906 e. The van der Waals surface area contributed by atoms with E-state index in [9.17, 15) is 4.39 Å². The number of halogens is 1. The van der Waals surface area contributed by atoms with Crippen molar-refractivity contribution in [2.45, 2.75) is 31.7 Å². The topological polar surface area (TPSA) is 29.3 Å². The first kappa shape index (κ1) is 9.93. The molecule has 1 fully saturated rings. The van der Waals surface area contributed by atoms with Crippen LogP contribution in [0.4, 0.5) is 4.39 Å². The first-order valence-corrected chi connectivity index (χ1v) is 4.88. The van der Waals surface area contributed by atoms with Crippen LogP contribution in [0.1, 0.15) is 25.7 Å². The molecule has 3 heteroatoms. The molecule has 0 radical (unpaired) electrons. The molecular weight excluding hydrogens is 155 g/mol. The summed E-state index contributed by atoms with van der Waals surface area (Å²) in [6.45, 7) is 2.53. The lowest BCUT2D eigenvalue weighted by atomic mass is 10.0. The minimum atomic E-state index is -0.201. The minimum absolute atomic E-state index is 0.201. The minimum Gasteiger partial charge on any atom is -0.329 e. The summed E-state index contributed by atoms with van der Waals surface area (Å²) in [7, 11) is 0. The molecule has 0 spiro atoms. The highest BCUT2D eigenvalue weighted by Gasteiger charge is 2.19. The molecule has 0 bridgehead atoms. The largest absolute Gasteiger partial charge is 0.329 e. The van der Waals surface area contributed by atoms with Gasteiger partial charge in [-0.2, -0.15) is 0 Å². The maximum absolute atomic E-state index is 11.9. The number of nitrogens with zero attached hydrogens (tertiary/aromatic N) is 1. The molecule has 1 heterocycles. The van der Waals surface area contributed by atoms with E-state index in [4.69, 9.17) is 5.73 Å². The highest BCUT2D eigenvalue weighted by Crippen LogP contribution is 2.15. The zero-order valence-electron chi connectivity index (χ0n) is 7.64. The van der Waals surface area contributed by atoms with Crippen LogP contribution in [0.15, 0.2) is 0 Å². The molecule has 0 amide bonds. The fraction of sp³-hybridized carbons (Fsp3) is 1.00. The van der Waals surface area contributed by atoms with Crippen LogP contribution < -0.4 is 5.73 Å². The number of alkyl halides is 1. The second-order valence-corrected chi connectivity index (χ2v) is 3.46. The number of hydrogen-bond acceptors (Lipinski definition) is 2. The van der Waals surface area contributed by atoms with Gasteiger partial charge >= 0.3 is 0 Å². The van der Waals surface area contributed by atoms with Crippen LogP contribution in [0, 0.1) is 0 Å². The Morgan fingerprint density at radius 3 is 2.92 bits per heavy atom.